The summed E-state index contributed by atoms with van der Waals surface area (Å²) in [5.74, 6) is 1.78. The Morgan fingerprint density at radius 3 is 1.78 bits per heavy atom. The molecule has 69 heavy (non-hydrogen) atoms. The molecule has 0 radical (unpaired) electrons. The summed E-state index contributed by atoms with van der Waals surface area (Å²) in [5, 5.41) is 13.9. The molecule has 15 aromatic rings. The lowest BCUT2D eigenvalue weighted by Crippen LogP contribution is -2.05. The van der Waals surface area contributed by atoms with E-state index in [-0.39, 0.29) is 0 Å². The second-order valence-corrected chi connectivity index (χ2v) is 18.9. The zero-order chi connectivity index (χ0) is 45.2. The zero-order valence-electron chi connectivity index (χ0n) is 36.9. The van der Waals surface area contributed by atoms with Crippen molar-refractivity contribution in [1.82, 2.24) is 19.5 Å². The van der Waals surface area contributed by atoms with Crippen LogP contribution in [0.3, 0.4) is 0 Å². The Labute approximate surface area is 398 Å². The van der Waals surface area contributed by atoms with Crippen molar-refractivity contribution < 1.29 is 4.42 Å². The largest absolute Gasteiger partial charge is 0.456 e. The molecule has 15 rings (SSSR count). The van der Waals surface area contributed by atoms with Gasteiger partial charge in [0.25, 0.3) is 0 Å². The molecule has 0 spiro atoms. The summed E-state index contributed by atoms with van der Waals surface area (Å²) < 4.78 is 11.3. The fourth-order valence-corrected chi connectivity index (χ4v) is 12.1. The Kier molecular flexibility index (Phi) is 8.17. The molecule has 0 saturated heterocycles. The van der Waals surface area contributed by atoms with Gasteiger partial charge in [0.2, 0.25) is 0 Å². The third kappa shape index (κ3) is 5.79. The minimum Gasteiger partial charge on any atom is -0.456 e. The van der Waals surface area contributed by atoms with Crippen molar-refractivity contribution in [2.24, 2.45) is 0 Å². The smallest absolute Gasteiger partial charge is 0.166 e. The Morgan fingerprint density at radius 1 is 0.362 bits per heavy atom. The lowest BCUT2D eigenvalue weighted by molar-refractivity contribution is 0.669. The predicted octanol–water partition coefficient (Wildman–Crippen LogP) is 17.4. The van der Waals surface area contributed by atoms with Gasteiger partial charge in [0.15, 0.2) is 17.5 Å². The molecular weight excluding hydrogens is 861 g/mol. The van der Waals surface area contributed by atoms with E-state index < -0.39 is 0 Å². The summed E-state index contributed by atoms with van der Waals surface area (Å²) in [6.45, 7) is 0. The second kappa shape index (κ2) is 14.8. The third-order valence-electron chi connectivity index (χ3n) is 14.0. The molecule has 4 aromatic heterocycles. The van der Waals surface area contributed by atoms with E-state index in [4.69, 9.17) is 19.4 Å². The molecule has 320 valence electrons. The Morgan fingerprint density at radius 2 is 0.957 bits per heavy atom. The van der Waals surface area contributed by atoms with Crippen LogP contribution < -0.4 is 0 Å². The van der Waals surface area contributed by atoms with Crippen LogP contribution in [0.15, 0.2) is 223 Å². The monoisotopic (exact) mass is 896 g/mol. The van der Waals surface area contributed by atoms with E-state index in [1.54, 1.807) is 0 Å². The fourth-order valence-electron chi connectivity index (χ4n) is 10.8. The number of hydrogen-bond donors (Lipinski definition) is 0. The molecule has 0 bridgehead atoms. The molecule has 0 saturated carbocycles. The Balaban J connectivity index is 1.11. The van der Waals surface area contributed by atoms with Crippen LogP contribution in [0, 0.1) is 0 Å². The van der Waals surface area contributed by atoms with E-state index in [0.29, 0.717) is 17.5 Å². The number of nitrogens with zero attached hydrogens (tertiary/aromatic N) is 4. The van der Waals surface area contributed by atoms with E-state index in [2.05, 4.69) is 199 Å². The molecule has 0 aliphatic heterocycles. The first-order valence-electron chi connectivity index (χ1n) is 23.3. The van der Waals surface area contributed by atoms with E-state index in [1.165, 1.54) is 52.5 Å². The number of benzene rings is 11. The van der Waals surface area contributed by atoms with Crippen LogP contribution in [-0.2, 0) is 0 Å². The molecule has 0 aliphatic carbocycles. The van der Waals surface area contributed by atoms with E-state index in [1.807, 2.05) is 35.6 Å². The summed E-state index contributed by atoms with van der Waals surface area (Å²) in [7, 11) is 0. The summed E-state index contributed by atoms with van der Waals surface area (Å²) >= 11 is 1.84. The van der Waals surface area contributed by atoms with Crippen molar-refractivity contribution in [1.29, 1.82) is 0 Å². The van der Waals surface area contributed by atoms with Gasteiger partial charge in [-0.25, -0.2) is 15.0 Å². The van der Waals surface area contributed by atoms with Gasteiger partial charge < -0.3 is 8.98 Å². The minimum absolute atomic E-state index is 0.583. The number of aromatic nitrogens is 4. The molecule has 5 nitrogen and oxygen atoms in total. The van der Waals surface area contributed by atoms with Crippen LogP contribution in [0.25, 0.3) is 147 Å². The van der Waals surface area contributed by atoms with Crippen molar-refractivity contribution >= 4 is 108 Å². The number of fused-ring (bicyclic) bond motifs is 14. The van der Waals surface area contributed by atoms with Crippen LogP contribution in [0.4, 0.5) is 0 Å². The standard InChI is InChI=1S/C63H36N4OS/c1-2-14-37(15-3-1)38-26-28-40(29-27-38)61-64-62(43-31-33-54-51(35-43)45-20-10-12-24-53(45)68-54)66-63(65-61)57-47-22-9-8-21-46(47)56-49-23-11-13-25-55(49)69-60(56)59(57)67-52-36-42-18-5-4-17-41(42)34-50(52)48-32-30-39-16-6-7-19-44(39)58(48)67/h1-36H. The highest BCUT2D eigenvalue weighted by molar-refractivity contribution is 7.26. The molecule has 0 aliphatic rings. The first-order valence-corrected chi connectivity index (χ1v) is 24.1. The van der Waals surface area contributed by atoms with Gasteiger partial charge in [-0.3, -0.25) is 0 Å². The quantitative estimate of drug-likeness (QED) is 0.173. The van der Waals surface area contributed by atoms with E-state index in [0.717, 1.165) is 77.2 Å². The summed E-state index contributed by atoms with van der Waals surface area (Å²) in [4.78, 5) is 16.6. The number of thiophene rings is 1. The highest BCUT2D eigenvalue weighted by Gasteiger charge is 2.28. The first-order chi connectivity index (χ1) is 34.2. The summed E-state index contributed by atoms with van der Waals surface area (Å²) in [6, 6.07) is 78.0. The molecule has 0 atom stereocenters. The van der Waals surface area contributed by atoms with Crippen molar-refractivity contribution in [3.8, 4) is 51.0 Å². The number of furan rings is 1. The molecular formula is C63H36N4OS. The van der Waals surface area contributed by atoms with Gasteiger partial charge in [0, 0.05) is 53.5 Å². The maximum absolute atomic E-state index is 6.32. The van der Waals surface area contributed by atoms with Crippen molar-refractivity contribution in [2.75, 3.05) is 0 Å². The van der Waals surface area contributed by atoms with Gasteiger partial charge in [-0.15, -0.1) is 11.3 Å². The molecule has 0 unspecified atom stereocenters. The van der Waals surface area contributed by atoms with Crippen LogP contribution in [0.5, 0.6) is 0 Å². The lowest BCUT2D eigenvalue weighted by Gasteiger charge is -2.19. The van der Waals surface area contributed by atoms with Gasteiger partial charge in [-0.2, -0.15) is 0 Å². The number of para-hydroxylation sites is 1. The number of hydrogen-bond acceptors (Lipinski definition) is 5. The van der Waals surface area contributed by atoms with Crippen molar-refractivity contribution in [3.05, 3.63) is 218 Å². The van der Waals surface area contributed by atoms with Crippen LogP contribution in [0.2, 0.25) is 0 Å². The normalized spacial score (nSPS) is 12.1. The average molecular weight is 897 g/mol. The van der Waals surface area contributed by atoms with E-state index in [9.17, 15) is 0 Å². The predicted molar refractivity (Wildman–Crippen MR) is 289 cm³/mol. The minimum atomic E-state index is 0.583. The Bertz CT molecular complexity index is 4600. The van der Waals surface area contributed by atoms with E-state index >= 15 is 0 Å². The van der Waals surface area contributed by atoms with Gasteiger partial charge in [-0.05, 0) is 80.5 Å². The molecule has 6 heteroatoms. The van der Waals surface area contributed by atoms with Crippen molar-refractivity contribution in [3.63, 3.8) is 0 Å². The lowest BCUT2D eigenvalue weighted by atomic mass is 9.96. The van der Waals surface area contributed by atoms with Gasteiger partial charge in [-0.1, -0.05) is 176 Å². The highest BCUT2D eigenvalue weighted by atomic mass is 32.1. The van der Waals surface area contributed by atoms with Crippen molar-refractivity contribution in [2.45, 2.75) is 0 Å². The summed E-state index contributed by atoms with van der Waals surface area (Å²) in [5.41, 5.74) is 10.00. The number of rotatable bonds is 5. The van der Waals surface area contributed by atoms with Gasteiger partial charge >= 0.3 is 0 Å². The fraction of sp³-hybridized carbons (Fsp3) is 0. The van der Waals surface area contributed by atoms with Gasteiger partial charge in [0.05, 0.1) is 27.0 Å². The SMILES string of the molecule is c1ccc(-c2ccc(-c3nc(-c4ccc5oc6ccccc6c5c4)nc(-c4c(-n5c6cc7ccccc7cc6c6ccc7ccccc7c65)c5sc6ccccc6c5c5ccccc45)n3)cc2)cc1. The van der Waals surface area contributed by atoms with Crippen LogP contribution in [-0.4, -0.2) is 19.5 Å². The molecule has 0 fully saturated rings. The molecule has 11 aromatic carbocycles. The maximum atomic E-state index is 6.32. The zero-order valence-corrected chi connectivity index (χ0v) is 37.7. The average Bonchev–Trinajstić information content (AvgIpc) is 4.10. The molecule has 0 amide bonds. The highest BCUT2D eigenvalue weighted by Crippen LogP contribution is 2.50. The van der Waals surface area contributed by atoms with Gasteiger partial charge in [0.1, 0.15) is 11.2 Å². The first kappa shape index (κ1) is 38.2. The van der Waals surface area contributed by atoms with Crippen LogP contribution in [0.1, 0.15) is 0 Å². The topological polar surface area (TPSA) is 56.7 Å². The third-order valence-corrected chi connectivity index (χ3v) is 15.2. The molecule has 0 N–H and O–H groups in total. The maximum Gasteiger partial charge on any atom is 0.166 e. The molecule has 4 heterocycles. The second-order valence-electron chi connectivity index (χ2n) is 17.9. The van der Waals surface area contributed by atoms with Crippen LogP contribution >= 0.6 is 11.3 Å². The summed E-state index contributed by atoms with van der Waals surface area (Å²) in [6.07, 6.45) is 0. The Hall–Kier alpha value is -8.97.